The fraction of sp³-hybridized carbons (Fsp3) is 0.364. The van der Waals surface area contributed by atoms with Crippen LogP contribution in [0.5, 0.6) is 5.75 Å². The Morgan fingerprint density at radius 3 is 2.24 bits per heavy atom. The minimum absolute atomic E-state index is 0.603. The van der Waals surface area contributed by atoms with Crippen LogP contribution in [0.2, 0.25) is 5.02 Å². The molecule has 2 aromatic carbocycles. The molecule has 1 saturated heterocycles. The molecule has 0 saturated carbocycles. The monoisotopic (exact) mass is 412 g/mol. The van der Waals surface area contributed by atoms with Gasteiger partial charge in [0.25, 0.3) is 0 Å². The van der Waals surface area contributed by atoms with Gasteiger partial charge in [-0.05, 0) is 48.9 Å². The van der Waals surface area contributed by atoms with Crippen LogP contribution in [0, 0.1) is 0 Å². The van der Waals surface area contributed by atoms with Crippen LogP contribution in [0.4, 0.5) is 0 Å². The van der Waals surface area contributed by atoms with Crippen LogP contribution in [-0.2, 0) is 13.1 Å². The second-order valence-corrected chi connectivity index (χ2v) is 7.58. The zero-order valence-corrected chi connectivity index (χ0v) is 17.3. The van der Waals surface area contributed by atoms with Crippen molar-refractivity contribution in [3.05, 3.63) is 65.0 Å². The minimum Gasteiger partial charge on any atom is -0.494 e. The molecule has 1 aromatic heterocycles. The Morgan fingerprint density at radius 1 is 0.931 bits per heavy atom. The summed E-state index contributed by atoms with van der Waals surface area (Å²) in [6.45, 7) is 8.34. The highest BCUT2D eigenvalue weighted by atomic mass is 35.5. The Morgan fingerprint density at radius 2 is 1.59 bits per heavy atom. The second kappa shape index (κ2) is 9.39. The van der Waals surface area contributed by atoms with E-state index in [2.05, 4.69) is 32.1 Å². The molecule has 0 radical (unpaired) electrons. The molecule has 1 fully saturated rings. The molecule has 1 aliphatic heterocycles. The van der Waals surface area contributed by atoms with Crippen molar-refractivity contribution >= 4 is 11.6 Å². The molecule has 29 heavy (non-hydrogen) atoms. The summed E-state index contributed by atoms with van der Waals surface area (Å²) in [5.41, 5.74) is 2.22. The topological polar surface area (TPSA) is 54.6 Å². The zero-order valence-electron chi connectivity index (χ0n) is 16.6. The summed E-state index contributed by atoms with van der Waals surface area (Å²) in [7, 11) is 0. The molecule has 0 spiro atoms. The molecule has 0 N–H and O–H groups in total. The lowest BCUT2D eigenvalue weighted by atomic mass is 10.2. The maximum absolute atomic E-state index is 5.94. The van der Waals surface area contributed by atoms with Crippen molar-refractivity contribution in [2.24, 2.45) is 0 Å². The summed E-state index contributed by atoms with van der Waals surface area (Å²) in [5.74, 6) is 2.18. The Balaban J connectivity index is 1.26. The molecule has 0 bridgehead atoms. The number of halogens is 1. The highest BCUT2D eigenvalue weighted by Gasteiger charge is 2.19. The van der Waals surface area contributed by atoms with Gasteiger partial charge in [-0.3, -0.25) is 9.80 Å². The van der Waals surface area contributed by atoms with E-state index in [9.17, 15) is 0 Å². The summed E-state index contributed by atoms with van der Waals surface area (Å²) in [5, 5.41) is 4.79. The number of hydrogen-bond acceptors (Lipinski definition) is 6. The zero-order chi connectivity index (χ0) is 20.1. The van der Waals surface area contributed by atoms with Crippen LogP contribution in [0.1, 0.15) is 18.4 Å². The first-order valence-electron chi connectivity index (χ1n) is 9.94. The molecule has 3 aromatic rings. The summed E-state index contributed by atoms with van der Waals surface area (Å²) in [6.07, 6.45) is 0. The quantitative estimate of drug-likeness (QED) is 0.582. The number of piperazine rings is 1. The van der Waals surface area contributed by atoms with Crippen LogP contribution in [0.3, 0.4) is 0 Å². The third-order valence-electron chi connectivity index (χ3n) is 5.03. The largest absolute Gasteiger partial charge is 0.494 e. The van der Waals surface area contributed by atoms with Gasteiger partial charge in [-0.25, -0.2) is 0 Å². The van der Waals surface area contributed by atoms with Gasteiger partial charge in [0, 0.05) is 43.3 Å². The van der Waals surface area contributed by atoms with E-state index in [0.717, 1.165) is 44.0 Å². The van der Waals surface area contributed by atoms with E-state index in [-0.39, 0.29) is 0 Å². The predicted octanol–water partition coefficient (Wildman–Crippen LogP) is 4.11. The number of nitrogens with zero attached hydrogens (tertiary/aromatic N) is 4. The van der Waals surface area contributed by atoms with E-state index in [1.165, 1.54) is 5.56 Å². The molecule has 0 aliphatic carbocycles. The van der Waals surface area contributed by atoms with Crippen LogP contribution in [0.15, 0.2) is 53.1 Å². The van der Waals surface area contributed by atoms with E-state index >= 15 is 0 Å². The van der Waals surface area contributed by atoms with Crippen LogP contribution < -0.4 is 4.74 Å². The van der Waals surface area contributed by atoms with Crippen molar-refractivity contribution in [2.45, 2.75) is 20.0 Å². The summed E-state index contributed by atoms with van der Waals surface area (Å²) in [6, 6.07) is 15.8. The molecule has 4 rings (SSSR count). The molecule has 7 heteroatoms. The molecule has 2 heterocycles. The van der Waals surface area contributed by atoms with Crippen molar-refractivity contribution in [3.8, 4) is 17.1 Å². The third-order valence-corrected chi connectivity index (χ3v) is 5.29. The molecule has 1 aliphatic rings. The van der Waals surface area contributed by atoms with E-state index in [4.69, 9.17) is 20.9 Å². The van der Waals surface area contributed by atoms with Gasteiger partial charge in [-0.2, -0.15) is 4.98 Å². The molecular formula is C22H25ClN4O2. The molecule has 0 amide bonds. The Kier molecular flexibility index (Phi) is 6.44. The minimum atomic E-state index is 0.603. The van der Waals surface area contributed by atoms with Gasteiger partial charge in [-0.1, -0.05) is 28.9 Å². The smallest absolute Gasteiger partial charge is 0.241 e. The summed E-state index contributed by atoms with van der Waals surface area (Å²) in [4.78, 5) is 9.35. The SMILES string of the molecule is CCOc1ccc(CN2CCN(Cc3nc(-c4ccc(Cl)cc4)no3)CC2)cc1. The van der Waals surface area contributed by atoms with Crippen molar-refractivity contribution < 1.29 is 9.26 Å². The first-order valence-corrected chi connectivity index (χ1v) is 10.3. The lowest BCUT2D eigenvalue weighted by Crippen LogP contribution is -2.45. The van der Waals surface area contributed by atoms with Gasteiger partial charge in [0.15, 0.2) is 0 Å². The van der Waals surface area contributed by atoms with Gasteiger partial charge in [0.1, 0.15) is 5.75 Å². The maximum atomic E-state index is 5.94. The number of rotatable bonds is 7. The summed E-state index contributed by atoms with van der Waals surface area (Å²) >= 11 is 5.94. The van der Waals surface area contributed by atoms with E-state index in [1.54, 1.807) is 0 Å². The van der Waals surface area contributed by atoms with Gasteiger partial charge >= 0.3 is 0 Å². The fourth-order valence-electron chi connectivity index (χ4n) is 3.45. The predicted molar refractivity (Wildman–Crippen MR) is 113 cm³/mol. The number of ether oxygens (including phenoxy) is 1. The third kappa shape index (κ3) is 5.35. The number of hydrogen-bond donors (Lipinski definition) is 0. The van der Waals surface area contributed by atoms with Gasteiger partial charge in [-0.15, -0.1) is 0 Å². The Labute approximate surface area is 176 Å². The van der Waals surface area contributed by atoms with Crippen molar-refractivity contribution in [2.75, 3.05) is 32.8 Å². The fourth-order valence-corrected chi connectivity index (χ4v) is 3.57. The van der Waals surface area contributed by atoms with Crippen LogP contribution in [0.25, 0.3) is 11.4 Å². The Bertz CT molecular complexity index is 903. The maximum Gasteiger partial charge on any atom is 0.241 e. The van der Waals surface area contributed by atoms with Crippen molar-refractivity contribution in [1.29, 1.82) is 0 Å². The molecular weight excluding hydrogens is 388 g/mol. The number of aromatic nitrogens is 2. The highest BCUT2D eigenvalue weighted by molar-refractivity contribution is 6.30. The lowest BCUT2D eigenvalue weighted by Gasteiger charge is -2.33. The standard InChI is InChI=1S/C22H25ClN4O2/c1-2-28-20-9-3-17(4-10-20)15-26-11-13-27(14-12-26)16-21-24-22(25-29-21)18-5-7-19(23)8-6-18/h3-10H,2,11-16H2,1H3. The molecule has 6 nitrogen and oxygen atoms in total. The molecule has 0 atom stereocenters. The number of benzene rings is 2. The normalized spacial score (nSPS) is 15.5. The van der Waals surface area contributed by atoms with Crippen LogP contribution in [-0.4, -0.2) is 52.7 Å². The lowest BCUT2D eigenvalue weighted by molar-refractivity contribution is 0.112. The second-order valence-electron chi connectivity index (χ2n) is 7.15. The van der Waals surface area contributed by atoms with E-state index in [1.807, 2.05) is 43.3 Å². The van der Waals surface area contributed by atoms with Gasteiger partial charge in [0.05, 0.1) is 13.2 Å². The van der Waals surface area contributed by atoms with Gasteiger partial charge < -0.3 is 9.26 Å². The highest BCUT2D eigenvalue weighted by Crippen LogP contribution is 2.20. The van der Waals surface area contributed by atoms with E-state index in [0.29, 0.717) is 29.9 Å². The van der Waals surface area contributed by atoms with Crippen molar-refractivity contribution in [1.82, 2.24) is 19.9 Å². The Hall–Kier alpha value is -2.41. The first kappa shape index (κ1) is 19.9. The average Bonchev–Trinajstić information content (AvgIpc) is 3.20. The van der Waals surface area contributed by atoms with E-state index < -0.39 is 0 Å². The van der Waals surface area contributed by atoms with Crippen LogP contribution >= 0.6 is 11.6 Å². The molecule has 0 unspecified atom stereocenters. The average molecular weight is 413 g/mol. The molecule has 152 valence electrons. The first-order chi connectivity index (χ1) is 14.2. The van der Waals surface area contributed by atoms with Gasteiger partial charge in [0.2, 0.25) is 11.7 Å². The summed E-state index contributed by atoms with van der Waals surface area (Å²) < 4.78 is 11.0. The van der Waals surface area contributed by atoms with Crippen molar-refractivity contribution in [3.63, 3.8) is 0 Å².